The summed E-state index contributed by atoms with van der Waals surface area (Å²) < 4.78 is 0. The van der Waals surface area contributed by atoms with E-state index >= 15 is 0 Å². The molecule has 0 aromatic rings. The van der Waals surface area contributed by atoms with Crippen molar-refractivity contribution < 1.29 is 19.8 Å². The molecule has 0 amide bonds. The number of hydrogen-bond donors (Lipinski definition) is 2. The molecule has 0 heterocycles. The van der Waals surface area contributed by atoms with Crippen molar-refractivity contribution in [3.05, 3.63) is 0 Å². The molecule has 0 aromatic heterocycles. The van der Waals surface area contributed by atoms with Crippen molar-refractivity contribution in [1.82, 2.24) is 0 Å². The van der Waals surface area contributed by atoms with Crippen molar-refractivity contribution in [2.75, 3.05) is 0 Å². The molecule has 1 rings (SSSR count). The minimum absolute atomic E-state index is 0.0962. The number of aliphatic carboxylic acids is 2. The third kappa shape index (κ3) is 1.49. The lowest BCUT2D eigenvalue weighted by Crippen LogP contribution is -2.30. The molecule has 0 radical (unpaired) electrons. The molecule has 0 aliphatic heterocycles. The van der Waals surface area contributed by atoms with E-state index in [2.05, 4.69) is 0 Å². The van der Waals surface area contributed by atoms with Crippen LogP contribution in [0.25, 0.3) is 0 Å². The molecule has 4 heteroatoms. The van der Waals surface area contributed by atoms with Gasteiger partial charge in [0.25, 0.3) is 0 Å². The van der Waals surface area contributed by atoms with Crippen LogP contribution in [0.15, 0.2) is 0 Å². The van der Waals surface area contributed by atoms with Gasteiger partial charge in [-0.05, 0) is 17.8 Å². The second kappa shape index (κ2) is 3.26. The Kier molecular flexibility index (Phi) is 2.56. The second-order valence-electron chi connectivity index (χ2n) is 4.68. The summed E-state index contributed by atoms with van der Waals surface area (Å²) >= 11 is 0. The van der Waals surface area contributed by atoms with Crippen LogP contribution < -0.4 is 0 Å². The number of carbonyl (C=O) groups is 2. The summed E-state index contributed by atoms with van der Waals surface area (Å²) in [6.07, 6.45) is 0.249. The average molecular weight is 200 g/mol. The molecule has 4 nitrogen and oxygen atoms in total. The fourth-order valence-electron chi connectivity index (χ4n) is 2.33. The molecule has 80 valence electrons. The van der Waals surface area contributed by atoms with Crippen LogP contribution in [0.1, 0.15) is 27.2 Å². The predicted octanol–water partition coefficient (Wildman–Crippen LogP) is 1.45. The zero-order chi connectivity index (χ0) is 11.1. The lowest BCUT2D eigenvalue weighted by Gasteiger charge is -2.29. The van der Waals surface area contributed by atoms with Gasteiger partial charge in [-0.15, -0.1) is 0 Å². The van der Waals surface area contributed by atoms with Crippen LogP contribution >= 0.6 is 0 Å². The summed E-state index contributed by atoms with van der Waals surface area (Å²) in [6, 6.07) is 0. The fraction of sp³-hybridized carbons (Fsp3) is 0.800. The zero-order valence-electron chi connectivity index (χ0n) is 8.65. The van der Waals surface area contributed by atoms with Gasteiger partial charge in [0, 0.05) is 0 Å². The van der Waals surface area contributed by atoms with Gasteiger partial charge < -0.3 is 10.2 Å². The monoisotopic (exact) mass is 200 g/mol. The molecule has 3 atom stereocenters. The van der Waals surface area contributed by atoms with Gasteiger partial charge >= 0.3 is 11.9 Å². The van der Waals surface area contributed by atoms with Crippen LogP contribution in [0, 0.1) is 23.2 Å². The third-order valence-corrected chi connectivity index (χ3v) is 3.78. The zero-order valence-corrected chi connectivity index (χ0v) is 8.65. The number of rotatable bonds is 2. The average Bonchev–Trinajstić information content (AvgIpc) is 2.24. The molecule has 0 unspecified atom stereocenters. The van der Waals surface area contributed by atoms with E-state index < -0.39 is 29.2 Å². The summed E-state index contributed by atoms with van der Waals surface area (Å²) in [7, 11) is 0. The minimum Gasteiger partial charge on any atom is -0.481 e. The Morgan fingerprint density at radius 3 is 1.93 bits per heavy atom. The Balaban J connectivity index is 2.96. The van der Waals surface area contributed by atoms with Gasteiger partial charge in [0.1, 0.15) is 0 Å². The fourth-order valence-corrected chi connectivity index (χ4v) is 2.33. The van der Waals surface area contributed by atoms with Crippen LogP contribution in [0.5, 0.6) is 0 Å². The number of carboxylic acids is 2. The van der Waals surface area contributed by atoms with E-state index in [0.29, 0.717) is 0 Å². The highest BCUT2D eigenvalue weighted by Gasteiger charge is 2.52. The van der Waals surface area contributed by atoms with Crippen molar-refractivity contribution in [1.29, 1.82) is 0 Å². The molecular formula is C10H16O4. The van der Waals surface area contributed by atoms with Crippen LogP contribution in [-0.2, 0) is 9.59 Å². The molecule has 1 aliphatic rings. The van der Waals surface area contributed by atoms with Crippen LogP contribution in [0.3, 0.4) is 0 Å². The van der Waals surface area contributed by atoms with Gasteiger partial charge in [-0.25, -0.2) is 0 Å². The molecule has 0 saturated heterocycles. The predicted molar refractivity (Wildman–Crippen MR) is 49.8 cm³/mol. The molecule has 1 fully saturated rings. The molecule has 1 aliphatic carbocycles. The van der Waals surface area contributed by atoms with E-state index in [4.69, 9.17) is 10.2 Å². The minimum atomic E-state index is -0.884. The summed E-state index contributed by atoms with van der Waals surface area (Å²) in [5.41, 5.74) is -0.436. The van der Waals surface area contributed by atoms with E-state index in [9.17, 15) is 9.59 Å². The first-order chi connectivity index (χ1) is 6.28. The SMILES string of the molecule is C[C@H]1[C@H](C(=O)O)C[C@H](C(=O)O)C1(C)C. The topological polar surface area (TPSA) is 74.6 Å². The lowest BCUT2D eigenvalue weighted by molar-refractivity contribution is -0.145. The Hall–Kier alpha value is -1.06. The van der Waals surface area contributed by atoms with Crippen LogP contribution in [0.2, 0.25) is 0 Å². The summed E-state index contributed by atoms with van der Waals surface area (Å²) in [4.78, 5) is 21.8. The second-order valence-corrected chi connectivity index (χ2v) is 4.68. The molecule has 0 bridgehead atoms. The van der Waals surface area contributed by atoms with E-state index in [1.807, 2.05) is 20.8 Å². The van der Waals surface area contributed by atoms with E-state index in [0.717, 1.165) is 0 Å². The first-order valence-corrected chi connectivity index (χ1v) is 4.74. The standard InChI is InChI=1S/C10H16O4/c1-5-6(8(11)12)4-7(9(13)14)10(5,2)3/h5-7H,4H2,1-3H3,(H,11,12)(H,13,14)/t5-,6+,7+/m0/s1. The molecular weight excluding hydrogens is 184 g/mol. The van der Waals surface area contributed by atoms with E-state index in [-0.39, 0.29) is 12.3 Å². The first-order valence-electron chi connectivity index (χ1n) is 4.74. The van der Waals surface area contributed by atoms with Crippen LogP contribution in [0.4, 0.5) is 0 Å². The smallest absolute Gasteiger partial charge is 0.307 e. The van der Waals surface area contributed by atoms with Gasteiger partial charge in [0.2, 0.25) is 0 Å². The molecule has 2 N–H and O–H groups in total. The van der Waals surface area contributed by atoms with Crippen molar-refractivity contribution in [3.63, 3.8) is 0 Å². The van der Waals surface area contributed by atoms with E-state index in [1.165, 1.54) is 0 Å². The normalized spacial score (nSPS) is 35.5. The van der Waals surface area contributed by atoms with Gasteiger partial charge in [0.15, 0.2) is 0 Å². The Morgan fingerprint density at radius 2 is 1.71 bits per heavy atom. The van der Waals surface area contributed by atoms with Crippen molar-refractivity contribution in [3.8, 4) is 0 Å². The lowest BCUT2D eigenvalue weighted by atomic mass is 9.75. The van der Waals surface area contributed by atoms with Crippen molar-refractivity contribution in [2.24, 2.45) is 23.2 Å². The Bertz CT molecular complexity index is 269. The number of carboxylic acid groups (broad SMARTS) is 2. The maximum atomic E-state index is 10.9. The van der Waals surface area contributed by atoms with Gasteiger partial charge in [-0.2, -0.15) is 0 Å². The molecule has 14 heavy (non-hydrogen) atoms. The highest BCUT2D eigenvalue weighted by Crippen LogP contribution is 2.50. The maximum Gasteiger partial charge on any atom is 0.307 e. The largest absolute Gasteiger partial charge is 0.481 e. The number of hydrogen-bond acceptors (Lipinski definition) is 2. The Morgan fingerprint density at radius 1 is 1.21 bits per heavy atom. The molecule has 1 saturated carbocycles. The van der Waals surface area contributed by atoms with Crippen molar-refractivity contribution >= 4 is 11.9 Å². The third-order valence-electron chi connectivity index (χ3n) is 3.78. The summed E-state index contributed by atoms with van der Waals surface area (Å²) in [6.45, 7) is 5.49. The summed E-state index contributed by atoms with van der Waals surface area (Å²) in [5, 5.41) is 17.9. The highest BCUT2D eigenvalue weighted by atomic mass is 16.4. The molecule has 0 spiro atoms. The summed E-state index contributed by atoms with van der Waals surface area (Å²) in [5.74, 6) is -2.93. The quantitative estimate of drug-likeness (QED) is 0.707. The van der Waals surface area contributed by atoms with E-state index in [1.54, 1.807) is 0 Å². The Labute approximate surface area is 82.9 Å². The first kappa shape index (κ1) is 11.0. The molecule has 0 aromatic carbocycles. The highest BCUT2D eigenvalue weighted by molar-refractivity contribution is 5.76. The van der Waals surface area contributed by atoms with Gasteiger partial charge in [-0.3, -0.25) is 9.59 Å². The van der Waals surface area contributed by atoms with Gasteiger partial charge in [-0.1, -0.05) is 20.8 Å². The van der Waals surface area contributed by atoms with Gasteiger partial charge in [0.05, 0.1) is 11.8 Å². The van der Waals surface area contributed by atoms with Crippen molar-refractivity contribution in [2.45, 2.75) is 27.2 Å². The maximum absolute atomic E-state index is 10.9. The van der Waals surface area contributed by atoms with Crippen LogP contribution in [-0.4, -0.2) is 22.2 Å².